The molecule has 3 N–H and O–H groups in total. The van der Waals surface area contributed by atoms with Crippen molar-refractivity contribution in [3.8, 4) is 0 Å². The molecule has 0 fully saturated rings. The lowest BCUT2D eigenvalue weighted by atomic mass is 10.2. The Kier molecular flexibility index (Phi) is 6.79. The number of anilines is 1. The molecule has 106 valence electrons. The van der Waals surface area contributed by atoms with Gasteiger partial charge in [0.05, 0.1) is 6.54 Å². The molecule has 4 heteroatoms. The van der Waals surface area contributed by atoms with E-state index in [4.69, 9.17) is 0 Å². The summed E-state index contributed by atoms with van der Waals surface area (Å²) in [5.74, 6) is 0.868. The van der Waals surface area contributed by atoms with Gasteiger partial charge in [0.2, 0.25) is 0 Å². The van der Waals surface area contributed by atoms with E-state index < -0.39 is 0 Å². The summed E-state index contributed by atoms with van der Waals surface area (Å²) in [4.78, 5) is 4.56. The van der Waals surface area contributed by atoms with Crippen molar-refractivity contribution in [3.63, 3.8) is 0 Å². The summed E-state index contributed by atoms with van der Waals surface area (Å²) in [6.45, 7) is 10.9. The molecule has 0 aliphatic carbocycles. The van der Waals surface area contributed by atoms with Crippen LogP contribution in [0.5, 0.6) is 0 Å². The standard InChI is InChI=1S/C15H26N4/c1-5-16-15(17-6-2)18-11-13-8-7-9-14(10-13)19-12(3)4/h7-10,12,19H,5-6,11H2,1-4H3,(H2,16,17,18). The number of aliphatic imine (C=N–C) groups is 1. The van der Waals surface area contributed by atoms with Crippen LogP contribution in [-0.4, -0.2) is 25.1 Å². The molecular formula is C15H26N4. The molecule has 1 aromatic carbocycles. The van der Waals surface area contributed by atoms with Crippen LogP contribution in [0.1, 0.15) is 33.3 Å². The zero-order valence-electron chi connectivity index (χ0n) is 12.5. The van der Waals surface area contributed by atoms with E-state index in [1.807, 2.05) is 0 Å². The fourth-order valence-electron chi connectivity index (χ4n) is 1.77. The van der Waals surface area contributed by atoms with Gasteiger partial charge in [-0.3, -0.25) is 0 Å². The summed E-state index contributed by atoms with van der Waals surface area (Å²) < 4.78 is 0. The Morgan fingerprint density at radius 2 is 1.84 bits per heavy atom. The highest BCUT2D eigenvalue weighted by Crippen LogP contribution is 2.12. The number of benzene rings is 1. The van der Waals surface area contributed by atoms with Gasteiger partial charge < -0.3 is 16.0 Å². The lowest BCUT2D eigenvalue weighted by Crippen LogP contribution is -2.36. The smallest absolute Gasteiger partial charge is 0.191 e. The van der Waals surface area contributed by atoms with Crippen LogP contribution in [0.2, 0.25) is 0 Å². The Morgan fingerprint density at radius 3 is 2.42 bits per heavy atom. The van der Waals surface area contributed by atoms with Crippen LogP contribution in [0.25, 0.3) is 0 Å². The predicted molar refractivity (Wildman–Crippen MR) is 83.7 cm³/mol. The summed E-state index contributed by atoms with van der Waals surface area (Å²) in [5.41, 5.74) is 2.36. The second-order valence-corrected chi connectivity index (χ2v) is 4.72. The van der Waals surface area contributed by atoms with Gasteiger partial charge in [0.25, 0.3) is 0 Å². The fourth-order valence-corrected chi connectivity index (χ4v) is 1.77. The average molecular weight is 262 g/mol. The summed E-state index contributed by atoms with van der Waals surface area (Å²) in [6.07, 6.45) is 0. The fraction of sp³-hybridized carbons (Fsp3) is 0.533. The van der Waals surface area contributed by atoms with E-state index in [9.17, 15) is 0 Å². The summed E-state index contributed by atoms with van der Waals surface area (Å²) in [6, 6.07) is 8.85. The molecule has 0 radical (unpaired) electrons. The van der Waals surface area contributed by atoms with Crippen LogP contribution in [0.3, 0.4) is 0 Å². The number of hydrogen-bond acceptors (Lipinski definition) is 2. The van der Waals surface area contributed by atoms with Crippen molar-refractivity contribution in [1.82, 2.24) is 10.6 Å². The van der Waals surface area contributed by atoms with Crippen molar-refractivity contribution in [1.29, 1.82) is 0 Å². The molecule has 1 rings (SSSR count). The third kappa shape index (κ3) is 6.13. The van der Waals surface area contributed by atoms with E-state index >= 15 is 0 Å². The predicted octanol–water partition coefficient (Wildman–Crippen LogP) is 2.58. The van der Waals surface area contributed by atoms with Crippen molar-refractivity contribution in [2.45, 2.75) is 40.3 Å². The molecule has 0 spiro atoms. The number of guanidine groups is 1. The zero-order chi connectivity index (χ0) is 14.1. The highest BCUT2D eigenvalue weighted by atomic mass is 15.2. The van der Waals surface area contributed by atoms with E-state index in [0.29, 0.717) is 12.6 Å². The zero-order valence-corrected chi connectivity index (χ0v) is 12.5. The molecule has 19 heavy (non-hydrogen) atoms. The molecule has 0 heterocycles. The Labute approximate surface area is 116 Å². The van der Waals surface area contributed by atoms with E-state index in [1.165, 1.54) is 5.56 Å². The minimum absolute atomic E-state index is 0.442. The van der Waals surface area contributed by atoms with Gasteiger partial charge in [-0.25, -0.2) is 4.99 Å². The molecule has 0 saturated heterocycles. The number of nitrogens with one attached hydrogen (secondary N) is 3. The van der Waals surface area contributed by atoms with Gasteiger partial charge in [0.15, 0.2) is 5.96 Å². The number of nitrogens with zero attached hydrogens (tertiary/aromatic N) is 1. The molecule has 1 aromatic rings. The van der Waals surface area contributed by atoms with E-state index in [2.05, 4.69) is 72.9 Å². The quantitative estimate of drug-likeness (QED) is 0.545. The monoisotopic (exact) mass is 262 g/mol. The first-order chi connectivity index (χ1) is 9.15. The topological polar surface area (TPSA) is 48.5 Å². The molecule has 4 nitrogen and oxygen atoms in total. The van der Waals surface area contributed by atoms with Gasteiger partial charge in [-0.1, -0.05) is 12.1 Å². The molecule has 0 saturated carbocycles. The highest BCUT2D eigenvalue weighted by molar-refractivity contribution is 5.79. The summed E-state index contributed by atoms with van der Waals surface area (Å²) in [5, 5.41) is 9.85. The lowest BCUT2D eigenvalue weighted by molar-refractivity contribution is 0.839. The van der Waals surface area contributed by atoms with Gasteiger partial charge in [-0.15, -0.1) is 0 Å². The molecule has 0 aliphatic rings. The van der Waals surface area contributed by atoms with Gasteiger partial charge in [-0.2, -0.15) is 0 Å². The lowest BCUT2D eigenvalue weighted by Gasteiger charge is -2.11. The third-order valence-corrected chi connectivity index (χ3v) is 2.49. The normalized spacial score (nSPS) is 10.2. The van der Waals surface area contributed by atoms with Gasteiger partial charge in [-0.05, 0) is 45.4 Å². The Morgan fingerprint density at radius 1 is 1.16 bits per heavy atom. The van der Waals surface area contributed by atoms with Crippen molar-refractivity contribution in [3.05, 3.63) is 29.8 Å². The Hall–Kier alpha value is -1.71. The summed E-state index contributed by atoms with van der Waals surface area (Å²) >= 11 is 0. The maximum atomic E-state index is 4.56. The first-order valence-corrected chi connectivity index (χ1v) is 7.03. The maximum Gasteiger partial charge on any atom is 0.191 e. The molecular weight excluding hydrogens is 236 g/mol. The minimum atomic E-state index is 0.442. The van der Waals surface area contributed by atoms with Crippen LogP contribution in [0.15, 0.2) is 29.3 Å². The SMILES string of the molecule is CCNC(=NCc1cccc(NC(C)C)c1)NCC. The van der Waals surface area contributed by atoms with Crippen molar-refractivity contribution >= 4 is 11.6 Å². The first kappa shape index (κ1) is 15.3. The van der Waals surface area contributed by atoms with E-state index in [0.717, 1.165) is 24.7 Å². The molecule has 0 unspecified atom stereocenters. The second-order valence-electron chi connectivity index (χ2n) is 4.72. The van der Waals surface area contributed by atoms with Crippen LogP contribution in [0, 0.1) is 0 Å². The number of hydrogen-bond donors (Lipinski definition) is 3. The molecule has 0 bridgehead atoms. The van der Waals surface area contributed by atoms with Crippen molar-refractivity contribution in [2.24, 2.45) is 4.99 Å². The molecule has 0 atom stereocenters. The first-order valence-electron chi connectivity index (χ1n) is 7.03. The highest BCUT2D eigenvalue weighted by Gasteiger charge is 1.99. The maximum absolute atomic E-state index is 4.56. The van der Waals surface area contributed by atoms with Gasteiger partial charge in [0.1, 0.15) is 0 Å². The van der Waals surface area contributed by atoms with E-state index in [1.54, 1.807) is 0 Å². The van der Waals surface area contributed by atoms with Crippen molar-refractivity contribution < 1.29 is 0 Å². The van der Waals surface area contributed by atoms with Crippen LogP contribution < -0.4 is 16.0 Å². The van der Waals surface area contributed by atoms with Gasteiger partial charge >= 0.3 is 0 Å². The largest absolute Gasteiger partial charge is 0.383 e. The summed E-state index contributed by atoms with van der Waals surface area (Å²) in [7, 11) is 0. The minimum Gasteiger partial charge on any atom is -0.383 e. The molecule has 0 amide bonds. The van der Waals surface area contributed by atoms with E-state index in [-0.39, 0.29) is 0 Å². The third-order valence-electron chi connectivity index (χ3n) is 2.49. The van der Waals surface area contributed by atoms with Crippen LogP contribution >= 0.6 is 0 Å². The van der Waals surface area contributed by atoms with Crippen LogP contribution in [-0.2, 0) is 6.54 Å². The molecule has 0 aromatic heterocycles. The Balaban J connectivity index is 2.67. The van der Waals surface area contributed by atoms with Gasteiger partial charge in [0, 0.05) is 24.8 Å². The van der Waals surface area contributed by atoms with Crippen LogP contribution in [0.4, 0.5) is 5.69 Å². The second kappa shape index (κ2) is 8.40. The average Bonchev–Trinajstić information content (AvgIpc) is 2.36. The van der Waals surface area contributed by atoms with Crippen molar-refractivity contribution in [2.75, 3.05) is 18.4 Å². The Bertz CT molecular complexity index is 391. The number of rotatable bonds is 6. The molecule has 0 aliphatic heterocycles.